The molecule has 0 bridgehead atoms. The van der Waals surface area contributed by atoms with Gasteiger partial charge in [-0.25, -0.2) is 0 Å². The smallest absolute Gasteiger partial charge is 0.226 e. The average molecular weight is 233 g/mol. The minimum Gasteiger partial charge on any atom is -0.341 e. The summed E-state index contributed by atoms with van der Waals surface area (Å²) in [6, 6.07) is 0.483. The number of halogens is 1. The van der Waals surface area contributed by atoms with Crippen LogP contribution in [-0.2, 0) is 4.79 Å². The number of carbonyl (C=O) groups is 1. The van der Waals surface area contributed by atoms with Crippen molar-refractivity contribution in [1.29, 1.82) is 0 Å². The highest BCUT2D eigenvalue weighted by atomic mass is 35.5. The Labute approximate surface area is 97.4 Å². The second-order valence-corrected chi connectivity index (χ2v) is 5.12. The predicted octanol–water partition coefficient (Wildman–Crippen LogP) is 1.27. The number of nitrogens with zero attached hydrogens (tertiary/aromatic N) is 2. The highest BCUT2D eigenvalue weighted by Crippen LogP contribution is 2.21. The first-order valence-corrected chi connectivity index (χ1v) is 6.02. The Morgan fingerprint density at radius 3 is 2.53 bits per heavy atom. The van der Waals surface area contributed by atoms with Gasteiger partial charge in [-0.15, -0.1) is 11.6 Å². The van der Waals surface area contributed by atoms with Crippen LogP contribution in [0, 0.1) is 11.8 Å². The normalized spacial score (nSPS) is 28.5. The molecule has 0 N–H and O–H groups in total. The third-order valence-electron chi connectivity index (χ3n) is 3.20. The third-order valence-corrected chi connectivity index (χ3v) is 3.66. The Balaban J connectivity index is 2.58. The van der Waals surface area contributed by atoms with Gasteiger partial charge in [0.15, 0.2) is 0 Å². The van der Waals surface area contributed by atoms with E-state index in [0.717, 1.165) is 13.1 Å². The summed E-state index contributed by atoms with van der Waals surface area (Å²) in [5.41, 5.74) is 0. The van der Waals surface area contributed by atoms with Crippen molar-refractivity contribution >= 4 is 17.5 Å². The van der Waals surface area contributed by atoms with Crippen molar-refractivity contribution in [3.05, 3.63) is 0 Å². The van der Waals surface area contributed by atoms with Crippen LogP contribution in [0.1, 0.15) is 13.8 Å². The first-order valence-electron chi connectivity index (χ1n) is 5.48. The molecule has 0 aliphatic carbocycles. The molecule has 1 fully saturated rings. The van der Waals surface area contributed by atoms with Gasteiger partial charge in [-0.2, -0.15) is 0 Å². The number of hydrogen-bond acceptors (Lipinski definition) is 2. The predicted molar refractivity (Wildman–Crippen MR) is 63.1 cm³/mol. The molecule has 15 heavy (non-hydrogen) atoms. The molecule has 3 atom stereocenters. The van der Waals surface area contributed by atoms with Gasteiger partial charge in [0.1, 0.15) is 0 Å². The van der Waals surface area contributed by atoms with Crippen molar-refractivity contribution in [1.82, 2.24) is 9.80 Å². The first kappa shape index (κ1) is 12.8. The lowest BCUT2D eigenvalue weighted by Gasteiger charge is -2.23. The maximum absolute atomic E-state index is 11.9. The van der Waals surface area contributed by atoms with E-state index in [1.807, 2.05) is 11.8 Å². The van der Waals surface area contributed by atoms with Crippen LogP contribution in [0.3, 0.4) is 0 Å². The molecule has 1 aliphatic heterocycles. The van der Waals surface area contributed by atoms with Crippen LogP contribution in [0.5, 0.6) is 0 Å². The van der Waals surface area contributed by atoms with Gasteiger partial charge >= 0.3 is 0 Å². The number of alkyl halides is 1. The van der Waals surface area contributed by atoms with E-state index in [0.29, 0.717) is 17.8 Å². The molecule has 0 aromatic heterocycles. The van der Waals surface area contributed by atoms with E-state index in [4.69, 9.17) is 11.6 Å². The fraction of sp³-hybridized carbons (Fsp3) is 0.909. The largest absolute Gasteiger partial charge is 0.341 e. The highest BCUT2D eigenvalue weighted by Gasteiger charge is 2.34. The lowest BCUT2D eigenvalue weighted by Crippen LogP contribution is -2.37. The zero-order valence-corrected chi connectivity index (χ0v) is 10.8. The Bertz CT molecular complexity index is 233. The lowest BCUT2D eigenvalue weighted by atomic mass is 10.1. The number of amides is 1. The fourth-order valence-corrected chi connectivity index (χ4v) is 2.31. The lowest BCUT2D eigenvalue weighted by molar-refractivity contribution is -0.133. The summed E-state index contributed by atoms with van der Waals surface area (Å²) in [5.74, 6) is 1.10. The van der Waals surface area contributed by atoms with Crippen LogP contribution in [-0.4, -0.2) is 54.8 Å². The van der Waals surface area contributed by atoms with Crippen molar-refractivity contribution in [3.63, 3.8) is 0 Å². The summed E-state index contributed by atoms with van der Waals surface area (Å²) < 4.78 is 0. The summed E-state index contributed by atoms with van der Waals surface area (Å²) in [6.45, 7) is 5.80. The van der Waals surface area contributed by atoms with Crippen LogP contribution in [0.25, 0.3) is 0 Å². The maximum atomic E-state index is 11.9. The quantitative estimate of drug-likeness (QED) is 0.685. The second kappa shape index (κ2) is 5.17. The van der Waals surface area contributed by atoms with Gasteiger partial charge in [0.05, 0.1) is 0 Å². The van der Waals surface area contributed by atoms with Gasteiger partial charge in [0.2, 0.25) is 5.91 Å². The van der Waals surface area contributed by atoms with Crippen molar-refractivity contribution in [3.8, 4) is 0 Å². The minimum atomic E-state index is -0.0558. The van der Waals surface area contributed by atoms with E-state index in [1.165, 1.54) is 0 Å². The van der Waals surface area contributed by atoms with Gasteiger partial charge in [0, 0.05) is 30.9 Å². The summed E-state index contributed by atoms with van der Waals surface area (Å²) >= 11 is 5.70. The van der Waals surface area contributed by atoms with E-state index in [-0.39, 0.29) is 11.8 Å². The van der Waals surface area contributed by atoms with Gasteiger partial charge in [0.25, 0.3) is 0 Å². The average Bonchev–Trinajstić information content (AvgIpc) is 2.58. The van der Waals surface area contributed by atoms with Crippen LogP contribution in [0.4, 0.5) is 0 Å². The molecule has 0 radical (unpaired) electrons. The number of hydrogen-bond donors (Lipinski definition) is 0. The summed E-state index contributed by atoms with van der Waals surface area (Å²) in [7, 11) is 4.14. The molecule has 1 rings (SSSR count). The molecule has 4 heteroatoms. The Morgan fingerprint density at radius 2 is 2.13 bits per heavy atom. The zero-order chi connectivity index (χ0) is 11.6. The molecule has 1 heterocycles. The SMILES string of the molecule is CC(CCl)C(=O)N1CC(C)C(N(C)C)C1. The number of likely N-dealkylation sites (N-methyl/N-ethyl adjacent to an activating group) is 1. The minimum absolute atomic E-state index is 0.0558. The Kier molecular flexibility index (Phi) is 4.41. The molecule has 88 valence electrons. The highest BCUT2D eigenvalue weighted by molar-refractivity contribution is 6.19. The zero-order valence-electron chi connectivity index (χ0n) is 10.0. The van der Waals surface area contributed by atoms with E-state index in [1.54, 1.807) is 0 Å². The third kappa shape index (κ3) is 2.85. The van der Waals surface area contributed by atoms with Crippen LogP contribution in [0.2, 0.25) is 0 Å². The fourth-order valence-electron chi connectivity index (χ4n) is 2.18. The number of likely N-dealkylation sites (tertiary alicyclic amines) is 1. The molecule has 0 aromatic rings. The second-order valence-electron chi connectivity index (χ2n) is 4.81. The molecule has 1 aliphatic rings. The number of rotatable bonds is 3. The Hall–Kier alpha value is -0.280. The standard InChI is InChI=1S/C11H21ClN2O/c1-8(5-12)11(15)14-6-9(2)10(7-14)13(3)4/h8-10H,5-7H2,1-4H3. The molecular formula is C11H21ClN2O. The molecule has 0 spiro atoms. The van der Waals surface area contributed by atoms with Gasteiger partial charge in [-0.3, -0.25) is 4.79 Å². The van der Waals surface area contributed by atoms with Gasteiger partial charge < -0.3 is 9.80 Å². The van der Waals surface area contributed by atoms with Crippen LogP contribution >= 0.6 is 11.6 Å². The topological polar surface area (TPSA) is 23.6 Å². The van der Waals surface area contributed by atoms with Gasteiger partial charge in [-0.1, -0.05) is 13.8 Å². The van der Waals surface area contributed by atoms with Crippen molar-refractivity contribution in [2.24, 2.45) is 11.8 Å². The molecule has 1 amide bonds. The molecule has 3 nitrogen and oxygen atoms in total. The van der Waals surface area contributed by atoms with Crippen molar-refractivity contribution in [2.45, 2.75) is 19.9 Å². The Morgan fingerprint density at radius 1 is 1.53 bits per heavy atom. The summed E-state index contributed by atoms with van der Waals surface area (Å²) in [4.78, 5) is 16.1. The first-order chi connectivity index (χ1) is 6.97. The maximum Gasteiger partial charge on any atom is 0.226 e. The van der Waals surface area contributed by atoms with Crippen molar-refractivity contribution in [2.75, 3.05) is 33.1 Å². The molecule has 0 aromatic carbocycles. The summed E-state index contributed by atoms with van der Waals surface area (Å²) in [6.07, 6.45) is 0. The molecule has 3 unspecified atom stereocenters. The molecule has 1 saturated heterocycles. The van der Waals surface area contributed by atoms with Gasteiger partial charge in [-0.05, 0) is 20.0 Å². The monoisotopic (exact) mass is 232 g/mol. The van der Waals surface area contributed by atoms with E-state index in [2.05, 4.69) is 25.9 Å². The van der Waals surface area contributed by atoms with E-state index in [9.17, 15) is 4.79 Å². The van der Waals surface area contributed by atoms with E-state index < -0.39 is 0 Å². The number of carbonyl (C=O) groups excluding carboxylic acids is 1. The molecular weight excluding hydrogens is 212 g/mol. The summed E-state index contributed by atoms with van der Waals surface area (Å²) in [5, 5.41) is 0. The van der Waals surface area contributed by atoms with Crippen molar-refractivity contribution < 1.29 is 4.79 Å². The van der Waals surface area contributed by atoms with E-state index >= 15 is 0 Å². The molecule has 0 saturated carbocycles. The van der Waals surface area contributed by atoms with Crippen LogP contribution in [0.15, 0.2) is 0 Å². The van der Waals surface area contributed by atoms with Crippen LogP contribution < -0.4 is 0 Å².